The quantitative estimate of drug-likeness (QED) is 0.339. The van der Waals surface area contributed by atoms with Gasteiger partial charge in [0.15, 0.2) is 11.6 Å². The van der Waals surface area contributed by atoms with Crippen LogP contribution in [0.15, 0.2) is 42.6 Å². The number of carboxylic acids is 1. The summed E-state index contributed by atoms with van der Waals surface area (Å²) in [6, 6.07) is 7.19. The zero-order valence-corrected chi connectivity index (χ0v) is 24.6. The molecule has 0 saturated carbocycles. The standard InChI is InChI=1S/C30H31ClF2N4O6/c1-30(2,3)43-29(41)35-15-19(16-35)37-24(8-9-34-37)21-11-17(31)6-7-25(21)42-26-14-22(32)20(13-23(26)33)28(40)36-10-4-5-18(36)12-27(38)39/h6-9,11,13-14,18-19H,4-5,10,12,15-16H2,1-3H3,(H,38,39)/t18-/m0/s1. The molecule has 2 aromatic carbocycles. The average Bonchev–Trinajstić information content (AvgIpc) is 3.54. The van der Waals surface area contributed by atoms with Crippen LogP contribution in [0.25, 0.3) is 11.3 Å². The van der Waals surface area contributed by atoms with E-state index in [9.17, 15) is 14.4 Å². The van der Waals surface area contributed by atoms with Crippen molar-refractivity contribution in [2.24, 2.45) is 0 Å². The molecule has 2 fully saturated rings. The van der Waals surface area contributed by atoms with E-state index in [4.69, 9.17) is 26.2 Å². The Labute approximate surface area is 251 Å². The third kappa shape index (κ3) is 6.58. The number of hydrogen-bond donors (Lipinski definition) is 1. The summed E-state index contributed by atoms with van der Waals surface area (Å²) in [5.41, 5.74) is -0.0914. The largest absolute Gasteiger partial charge is 0.481 e. The molecule has 2 aliphatic rings. The topological polar surface area (TPSA) is 114 Å². The number of carbonyl (C=O) groups is 3. The Bertz CT molecular complexity index is 1570. The van der Waals surface area contributed by atoms with Gasteiger partial charge in [0.05, 0.1) is 23.7 Å². The molecule has 10 nitrogen and oxygen atoms in total. The number of carbonyl (C=O) groups excluding carboxylic acids is 2. The molecule has 2 aliphatic heterocycles. The van der Waals surface area contributed by atoms with E-state index in [1.54, 1.807) is 48.7 Å². The highest BCUT2D eigenvalue weighted by atomic mass is 35.5. The van der Waals surface area contributed by atoms with Crippen LogP contribution in [0.1, 0.15) is 56.4 Å². The van der Waals surface area contributed by atoms with E-state index in [0.717, 1.165) is 12.1 Å². The van der Waals surface area contributed by atoms with Gasteiger partial charge in [0.1, 0.15) is 17.2 Å². The van der Waals surface area contributed by atoms with Crippen molar-refractivity contribution in [3.63, 3.8) is 0 Å². The van der Waals surface area contributed by atoms with Gasteiger partial charge in [-0.05, 0) is 63.9 Å². The molecule has 0 bridgehead atoms. The molecular formula is C30H31ClF2N4O6. The molecule has 3 aromatic rings. The molecule has 0 aliphatic carbocycles. The van der Waals surface area contributed by atoms with Gasteiger partial charge in [0.2, 0.25) is 0 Å². The summed E-state index contributed by atoms with van der Waals surface area (Å²) in [7, 11) is 0. The molecule has 2 saturated heterocycles. The second-order valence-corrected chi connectivity index (χ2v) is 12.0. The molecule has 5 rings (SSSR count). The highest BCUT2D eigenvalue weighted by molar-refractivity contribution is 6.31. The zero-order chi connectivity index (χ0) is 31.1. The summed E-state index contributed by atoms with van der Waals surface area (Å²) in [6.45, 7) is 6.36. The summed E-state index contributed by atoms with van der Waals surface area (Å²) in [6.07, 6.45) is 1.93. The van der Waals surface area contributed by atoms with Crippen LogP contribution in [-0.2, 0) is 9.53 Å². The summed E-state index contributed by atoms with van der Waals surface area (Å²) >= 11 is 6.29. The molecule has 1 atom stereocenters. The Morgan fingerprint density at radius 1 is 1.07 bits per heavy atom. The first-order valence-electron chi connectivity index (χ1n) is 13.8. The van der Waals surface area contributed by atoms with Crippen molar-refractivity contribution in [2.45, 2.75) is 57.7 Å². The van der Waals surface area contributed by atoms with Gasteiger partial charge in [0.25, 0.3) is 5.91 Å². The first-order chi connectivity index (χ1) is 20.3. The highest BCUT2D eigenvalue weighted by Crippen LogP contribution is 2.39. The molecule has 43 heavy (non-hydrogen) atoms. The van der Waals surface area contributed by atoms with Crippen LogP contribution in [0.2, 0.25) is 5.02 Å². The van der Waals surface area contributed by atoms with Crippen molar-refractivity contribution < 1.29 is 37.7 Å². The molecular weight excluding hydrogens is 586 g/mol. The monoisotopic (exact) mass is 616 g/mol. The first-order valence-corrected chi connectivity index (χ1v) is 14.2. The first kappa shape index (κ1) is 30.3. The van der Waals surface area contributed by atoms with E-state index in [1.165, 1.54) is 17.0 Å². The number of likely N-dealkylation sites (tertiary alicyclic amines) is 2. The molecule has 0 unspecified atom stereocenters. The molecule has 228 valence electrons. The van der Waals surface area contributed by atoms with Gasteiger partial charge in [-0.15, -0.1) is 0 Å². The number of ether oxygens (including phenoxy) is 2. The normalized spacial score (nSPS) is 17.1. The van der Waals surface area contributed by atoms with E-state index in [2.05, 4.69) is 5.10 Å². The summed E-state index contributed by atoms with van der Waals surface area (Å²) in [5.74, 6) is -4.11. The van der Waals surface area contributed by atoms with Crippen molar-refractivity contribution in [2.75, 3.05) is 19.6 Å². The number of rotatable bonds is 7. The van der Waals surface area contributed by atoms with Crippen molar-refractivity contribution in [1.29, 1.82) is 0 Å². The second-order valence-electron chi connectivity index (χ2n) is 11.6. The molecule has 1 N–H and O–H groups in total. The predicted octanol–water partition coefficient (Wildman–Crippen LogP) is 6.15. The molecule has 0 radical (unpaired) electrons. The van der Waals surface area contributed by atoms with E-state index in [1.807, 2.05) is 0 Å². The Balaban J connectivity index is 1.37. The van der Waals surface area contributed by atoms with E-state index in [0.29, 0.717) is 42.2 Å². The lowest BCUT2D eigenvalue weighted by Gasteiger charge is -2.40. The lowest BCUT2D eigenvalue weighted by Crippen LogP contribution is -2.52. The number of benzene rings is 2. The molecule has 13 heteroatoms. The van der Waals surface area contributed by atoms with Crippen LogP contribution in [0.5, 0.6) is 11.5 Å². The Kier molecular flexibility index (Phi) is 8.33. The number of amides is 2. The van der Waals surface area contributed by atoms with Crippen molar-refractivity contribution in [3.05, 3.63) is 64.8 Å². The number of carboxylic acid groups (broad SMARTS) is 1. The number of aromatic nitrogens is 2. The predicted molar refractivity (Wildman–Crippen MR) is 152 cm³/mol. The Hall–Kier alpha value is -4.19. The number of aliphatic carboxylic acids is 1. The molecule has 1 aromatic heterocycles. The van der Waals surface area contributed by atoms with Crippen LogP contribution in [0, 0.1) is 11.6 Å². The van der Waals surface area contributed by atoms with Crippen LogP contribution < -0.4 is 4.74 Å². The fourth-order valence-electron chi connectivity index (χ4n) is 5.26. The van der Waals surface area contributed by atoms with Crippen LogP contribution in [-0.4, -0.2) is 73.9 Å². The number of halogens is 3. The van der Waals surface area contributed by atoms with Gasteiger partial charge in [-0.2, -0.15) is 5.10 Å². The molecule has 2 amide bonds. The Morgan fingerprint density at radius 3 is 2.51 bits per heavy atom. The summed E-state index contributed by atoms with van der Waals surface area (Å²) in [5, 5.41) is 13.9. The maximum Gasteiger partial charge on any atom is 0.410 e. The smallest absolute Gasteiger partial charge is 0.410 e. The summed E-state index contributed by atoms with van der Waals surface area (Å²) < 4.78 is 43.5. The van der Waals surface area contributed by atoms with Crippen molar-refractivity contribution in [1.82, 2.24) is 19.6 Å². The van der Waals surface area contributed by atoms with Crippen LogP contribution in [0.3, 0.4) is 0 Å². The zero-order valence-electron chi connectivity index (χ0n) is 23.8. The second kappa shape index (κ2) is 11.8. The van der Waals surface area contributed by atoms with Gasteiger partial charge in [0, 0.05) is 48.5 Å². The highest BCUT2D eigenvalue weighted by Gasteiger charge is 2.37. The van der Waals surface area contributed by atoms with Crippen LogP contribution in [0.4, 0.5) is 13.6 Å². The lowest BCUT2D eigenvalue weighted by molar-refractivity contribution is -0.137. The number of hydrogen-bond acceptors (Lipinski definition) is 6. The Morgan fingerprint density at radius 2 is 1.81 bits per heavy atom. The third-order valence-electron chi connectivity index (χ3n) is 7.27. The fraction of sp³-hybridized carbons (Fsp3) is 0.400. The lowest BCUT2D eigenvalue weighted by atomic mass is 10.1. The average molecular weight is 617 g/mol. The van der Waals surface area contributed by atoms with E-state index in [-0.39, 0.29) is 24.8 Å². The van der Waals surface area contributed by atoms with Gasteiger partial charge >= 0.3 is 12.1 Å². The summed E-state index contributed by atoms with van der Waals surface area (Å²) in [4.78, 5) is 39.4. The van der Waals surface area contributed by atoms with E-state index >= 15 is 8.78 Å². The maximum atomic E-state index is 15.3. The van der Waals surface area contributed by atoms with Crippen molar-refractivity contribution in [3.8, 4) is 22.8 Å². The fourth-order valence-corrected chi connectivity index (χ4v) is 5.43. The van der Waals surface area contributed by atoms with E-state index < -0.39 is 52.6 Å². The minimum atomic E-state index is -1.07. The maximum absolute atomic E-state index is 15.3. The number of nitrogens with zero attached hydrogens (tertiary/aromatic N) is 4. The third-order valence-corrected chi connectivity index (χ3v) is 7.50. The van der Waals surface area contributed by atoms with Crippen LogP contribution >= 0.6 is 11.6 Å². The van der Waals surface area contributed by atoms with Gasteiger partial charge in [-0.25, -0.2) is 13.6 Å². The SMILES string of the molecule is CC(C)(C)OC(=O)N1CC(n2nccc2-c2cc(Cl)ccc2Oc2cc(F)c(C(=O)N3CCC[C@H]3CC(=O)O)cc2F)C1. The minimum absolute atomic E-state index is 0.160. The van der Waals surface area contributed by atoms with Gasteiger partial charge in [-0.3, -0.25) is 14.3 Å². The van der Waals surface area contributed by atoms with Gasteiger partial charge in [-0.1, -0.05) is 11.6 Å². The van der Waals surface area contributed by atoms with Crippen molar-refractivity contribution >= 4 is 29.6 Å². The van der Waals surface area contributed by atoms with Gasteiger partial charge < -0.3 is 24.4 Å². The molecule has 3 heterocycles. The minimum Gasteiger partial charge on any atom is -0.481 e. The molecule has 0 spiro atoms.